The van der Waals surface area contributed by atoms with E-state index >= 15 is 0 Å². The van der Waals surface area contributed by atoms with Crippen LogP contribution in [0.4, 0.5) is 0 Å². The second kappa shape index (κ2) is 16.5. The van der Waals surface area contributed by atoms with E-state index in [1.54, 1.807) is 0 Å². The molecule has 2 unspecified atom stereocenters. The first-order valence-electron chi connectivity index (χ1n) is 13.2. The minimum Gasteiger partial charge on any atom is -0.416 e. The Hall–Kier alpha value is -0.180. The SMILES string of the molecule is CCCSSP(=O)(OCC)Oc1ccc(C(C)(C)c2ccc(OP(=O)(OCC)SSCCC)c(C)c2)cc1C. The number of hydrogen-bond donors (Lipinski definition) is 0. The van der Waals surface area contributed by atoms with Gasteiger partial charge < -0.3 is 9.05 Å². The summed E-state index contributed by atoms with van der Waals surface area (Å²) in [6.45, 7) is 10.00. The molecule has 2 atom stereocenters. The highest BCUT2D eigenvalue weighted by Crippen LogP contribution is 2.66. The van der Waals surface area contributed by atoms with E-state index in [9.17, 15) is 9.13 Å². The molecule has 0 heterocycles. The fourth-order valence-electron chi connectivity index (χ4n) is 3.50. The lowest BCUT2D eigenvalue weighted by Gasteiger charge is -2.28. The zero-order valence-electron chi connectivity index (χ0n) is 24.2. The lowest BCUT2D eigenvalue weighted by atomic mass is 9.77. The number of hydrogen-bond acceptors (Lipinski definition) is 10. The van der Waals surface area contributed by atoms with Crippen molar-refractivity contribution in [1.29, 1.82) is 0 Å². The predicted molar refractivity (Wildman–Crippen MR) is 175 cm³/mol. The summed E-state index contributed by atoms with van der Waals surface area (Å²) in [7, 11) is 5.38. The van der Waals surface area contributed by atoms with Gasteiger partial charge in [-0.25, -0.2) is 9.13 Å². The molecule has 2 rings (SSSR count). The Morgan fingerprint density at radius 2 is 1.08 bits per heavy atom. The fraction of sp³-hybridized carbons (Fsp3) is 0.556. The number of rotatable bonds is 18. The van der Waals surface area contributed by atoms with Crippen LogP contribution < -0.4 is 9.05 Å². The van der Waals surface area contributed by atoms with Crippen molar-refractivity contribution in [2.75, 3.05) is 24.7 Å². The van der Waals surface area contributed by atoms with E-state index in [4.69, 9.17) is 18.1 Å². The zero-order valence-corrected chi connectivity index (χ0v) is 29.2. The van der Waals surface area contributed by atoms with Crippen molar-refractivity contribution < 1.29 is 27.2 Å². The fourth-order valence-corrected chi connectivity index (χ4v) is 14.8. The summed E-state index contributed by atoms with van der Waals surface area (Å²) in [4.78, 5) is 0. The van der Waals surface area contributed by atoms with E-state index < -0.39 is 13.6 Å². The predicted octanol–water partition coefficient (Wildman–Crippen LogP) is 11.3. The van der Waals surface area contributed by atoms with E-state index in [-0.39, 0.29) is 5.41 Å². The van der Waals surface area contributed by atoms with E-state index in [2.05, 4.69) is 39.8 Å². The van der Waals surface area contributed by atoms with Crippen LogP contribution in [-0.4, -0.2) is 24.7 Å². The molecule has 0 radical (unpaired) electrons. The Morgan fingerprint density at radius 3 is 1.38 bits per heavy atom. The molecule has 0 aliphatic rings. The average molecular weight is 653 g/mol. The second-order valence-corrected chi connectivity index (χ2v) is 21.2. The lowest BCUT2D eigenvalue weighted by Crippen LogP contribution is -2.19. The maximum absolute atomic E-state index is 13.3. The summed E-state index contributed by atoms with van der Waals surface area (Å²) >= 11 is 0. The summed E-state index contributed by atoms with van der Waals surface area (Å²) in [6, 6.07) is 11.9. The molecule has 0 saturated carbocycles. The maximum atomic E-state index is 13.3. The van der Waals surface area contributed by atoms with Gasteiger partial charge >= 0.3 is 13.6 Å². The van der Waals surface area contributed by atoms with E-state index in [0.29, 0.717) is 24.7 Å². The highest BCUT2D eigenvalue weighted by atomic mass is 33.3. The van der Waals surface area contributed by atoms with Gasteiger partial charge in [0.05, 0.1) is 13.2 Å². The first-order valence-corrected chi connectivity index (χ1v) is 22.1. The van der Waals surface area contributed by atoms with Crippen molar-refractivity contribution in [3.05, 3.63) is 58.7 Å². The lowest BCUT2D eigenvalue weighted by molar-refractivity contribution is 0.295. The standard InChI is InChI=1S/C27H42O6P2S4/c1-9-17-36-38-34(28,30-11-3)32-25-15-13-23(19-21(25)5)27(7,8)24-14-16-26(22(6)20-24)33-35(29,31-12-4)39-37-18-10-2/h13-16,19-20H,9-12,17-18H2,1-8H3. The van der Waals surface area contributed by atoms with Gasteiger partial charge in [-0.15, -0.1) is 0 Å². The Labute approximate surface area is 250 Å². The highest BCUT2D eigenvalue weighted by Gasteiger charge is 2.31. The van der Waals surface area contributed by atoms with Crippen LogP contribution in [0.5, 0.6) is 11.5 Å². The van der Waals surface area contributed by atoms with Crippen LogP contribution in [0.2, 0.25) is 0 Å². The van der Waals surface area contributed by atoms with E-state index in [1.807, 2.05) is 52.0 Å². The molecule has 0 aliphatic heterocycles. The van der Waals surface area contributed by atoms with Crippen LogP contribution in [0.3, 0.4) is 0 Å². The van der Waals surface area contributed by atoms with Crippen molar-refractivity contribution in [3.8, 4) is 11.5 Å². The molecule has 220 valence electrons. The van der Waals surface area contributed by atoms with Gasteiger partial charge in [0.2, 0.25) is 0 Å². The molecule has 0 N–H and O–H groups in total. The number of benzene rings is 2. The molecule has 0 aromatic heterocycles. The van der Waals surface area contributed by atoms with Gasteiger partial charge in [0.15, 0.2) is 0 Å². The third kappa shape index (κ3) is 10.6. The van der Waals surface area contributed by atoms with E-state index in [1.165, 1.54) is 42.4 Å². The highest BCUT2D eigenvalue weighted by molar-refractivity contribution is 8.99. The van der Waals surface area contributed by atoms with Crippen molar-refractivity contribution in [2.45, 2.75) is 73.6 Å². The van der Waals surface area contributed by atoms with Crippen molar-refractivity contribution in [1.82, 2.24) is 0 Å². The van der Waals surface area contributed by atoms with Crippen molar-refractivity contribution >= 4 is 56.0 Å². The van der Waals surface area contributed by atoms with Gasteiger partial charge in [0, 0.05) is 37.7 Å². The maximum Gasteiger partial charge on any atom is 0.450 e. The van der Waals surface area contributed by atoms with Crippen LogP contribution in [-0.2, 0) is 23.6 Å². The molecule has 0 saturated heterocycles. The van der Waals surface area contributed by atoms with Gasteiger partial charge in [-0.1, -0.05) is 73.5 Å². The third-order valence-electron chi connectivity index (χ3n) is 5.65. The van der Waals surface area contributed by atoms with E-state index in [0.717, 1.165) is 46.6 Å². The van der Waals surface area contributed by atoms with Gasteiger partial charge in [-0.2, -0.15) is 0 Å². The van der Waals surface area contributed by atoms with Gasteiger partial charge in [0.1, 0.15) is 11.5 Å². The quantitative estimate of drug-likeness (QED) is 0.0882. The van der Waals surface area contributed by atoms with Crippen LogP contribution in [0.1, 0.15) is 76.6 Å². The molecular formula is C27H42O6P2S4. The topological polar surface area (TPSA) is 71.1 Å². The first kappa shape index (κ1) is 35.0. The second-order valence-electron chi connectivity index (χ2n) is 9.29. The third-order valence-corrected chi connectivity index (χ3v) is 18.4. The number of aryl methyl sites for hydroxylation is 2. The minimum absolute atomic E-state index is 0.316. The average Bonchev–Trinajstić information content (AvgIpc) is 2.87. The zero-order chi connectivity index (χ0) is 29.1. The molecule has 0 bridgehead atoms. The smallest absolute Gasteiger partial charge is 0.416 e. The van der Waals surface area contributed by atoms with Crippen LogP contribution in [0.25, 0.3) is 0 Å². The summed E-state index contributed by atoms with van der Waals surface area (Å²) in [6.07, 6.45) is 1.98. The molecule has 39 heavy (non-hydrogen) atoms. The molecule has 0 aliphatic carbocycles. The normalized spacial score (nSPS) is 15.0. The Balaban J connectivity index is 2.26. The summed E-state index contributed by atoms with van der Waals surface area (Å²) < 4.78 is 49.5. The van der Waals surface area contributed by atoms with Crippen LogP contribution in [0, 0.1) is 13.8 Å². The van der Waals surface area contributed by atoms with Crippen LogP contribution in [0.15, 0.2) is 36.4 Å². The van der Waals surface area contributed by atoms with Gasteiger partial charge in [0.25, 0.3) is 0 Å². The molecule has 0 amide bonds. The molecule has 6 nitrogen and oxygen atoms in total. The van der Waals surface area contributed by atoms with Crippen molar-refractivity contribution in [3.63, 3.8) is 0 Å². The van der Waals surface area contributed by atoms with Crippen molar-refractivity contribution in [2.24, 2.45) is 0 Å². The van der Waals surface area contributed by atoms with Crippen LogP contribution >= 0.6 is 56.0 Å². The Bertz CT molecular complexity index is 1070. The Kier molecular flexibility index (Phi) is 14.8. The molecular weight excluding hydrogens is 611 g/mol. The van der Waals surface area contributed by atoms with Gasteiger partial charge in [-0.3, -0.25) is 9.05 Å². The molecule has 2 aromatic carbocycles. The summed E-state index contributed by atoms with van der Waals surface area (Å²) in [5, 5.41) is 0. The minimum atomic E-state index is -3.33. The Morgan fingerprint density at radius 1 is 0.692 bits per heavy atom. The molecule has 12 heteroatoms. The summed E-state index contributed by atoms with van der Waals surface area (Å²) in [5.41, 5.74) is 3.62. The first-order chi connectivity index (χ1) is 18.4. The molecule has 0 spiro atoms. The van der Waals surface area contributed by atoms with Gasteiger partial charge in [-0.05, 0) is 74.9 Å². The largest absolute Gasteiger partial charge is 0.450 e. The summed E-state index contributed by atoms with van der Waals surface area (Å²) in [5.74, 6) is 2.86. The monoisotopic (exact) mass is 652 g/mol. The molecule has 0 fully saturated rings. The molecule has 2 aromatic rings.